The van der Waals surface area contributed by atoms with Crippen molar-refractivity contribution in [2.24, 2.45) is 11.7 Å². The summed E-state index contributed by atoms with van der Waals surface area (Å²) >= 11 is 0. The lowest BCUT2D eigenvalue weighted by atomic mass is 9.90. The second-order valence-electron chi connectivity index (χ2n) is 6.79. The van der Waals surface area contributed by atoms with Crippen LogP contribution in [0.3, 0.4) is 0 Å². The van der Waals surface area contributed by atoms with Crippen molar-refractivity contribution in [1.29, 1.82) is 0 Å². The smallest absolute Gasteiger partial charge is 0.253 e. The van der Waals surface area contributed by atoms with Gasteiger partial charge in [-0.05, 0) is 55.5 Å². The van der Waals surface area contributed by atoms with E-state index >= 15 is 0 Å². The van der Waals surface area contributed by atoms with E-state index in [2.05, 4.69) is 6.92 Å². The van der Waals surface area contributed by atoms with Crippen molar-refractivity contribution in [3.63, 3.8) is 0 Å². The molecule has 25 heavy (non-hydrogen) atoms. The molecule has 1 heterocycles. The van der Waals surface area contributed by atoms with Gasteiger partial charge in [0, 0.05) is 24.7 Å². The van der Waals surface area contributed by atoms with E-state index in [9.17, 15) is 4.79 Å². The number of nitrogens with two attached hydrogens (primary N) is 1. The summed E-state index contributed by atoms with van der Waals surface area (Å²) in [5, 5.41) is 0. The van der Waals surface area contributed by atoms with Crippen molar-refractivity contribution in [3.8, 4) is 5.75 Å². The van der Waals surface area contributed by atoms with Gasteiger partial charge in [0.25, 0.3) is 5.91 Å². The Morgan fingerprint density at radius 2 is 1.76 bits per heavy atom. The van der Waals surface area contributed by atoms with Crippen molar-refractivity contribution >= 4 is 5.91 Å². The summed E-state index contributed by atoms with van der Waals surface area (Å²) in [7, 11) is 0. The van der Waals surface area contributed by atoms with Gasteiger partial charge in [0.2, 0.25) is 0 Å². The van der Waals surface area contributed by atoms with Gasteiger partial charge in [0.1, 0.15) is 12.4 Å². The average molecular weight is 338 g/mol. The molecule has 0 bridgehead atoms. The predicted octanol–water partition coefficient (Wildman–Crippen LogP) is 3.47. The van der Waals surface area contributed by atoms with Crippen LogP contribution in [0.5, 0.6) is 5.75 Å². The van der Waals surface area contributed by atoms with Crippen molar-refractivity contribution in [2.45, 2.75) is 32.4 Å². The molecule has 132 valence electrons. The Morgan fingerprint density at radius 1 is 1.12 bits per heavy atom. The van der Waals surface area contributed by atoms with Crippen molar-refractivity contribution in [2.75, 3.05) is 13.1 Å². The number of carbonyl (C=O) groups excluding carboxylic acids is 1. The molecule has 2 aromatic rings. The maximum absolute atomic E-state index is 12.6. The van der Waals surface area contributed by atoms with Gasteiger partial charge in [-0.3, -0.25) is 4.79 Å². The Morgan fingerprint density at radius 3 is 2.36 bits per heavy atom. The van der Waals surface area contributed by atoms with Gasteiger partial charge in [0.05, 0.1) is 0 Å². The van der Waals surface area contributed by atoms with Crippen molar-refractivity contribution in [1.82, 2.24) is 4.90 Å². The number of piperidine rings is 1. The lowest BCUT2D eigenvalue weighted by molar-refractivity contribution is 0.0681. The van der Waals surface area contributed by atoms with Gasteiger partial charge >= 0.3 is 0 Å². The molecule has 1 atom stereocenters. The molecule has 1 unspecified atom stereocenters. The molecule has 2 aromatic carbocycles. The monoisotopic (exact) mass is 338 g/mol. The molecule has 1 aliphatic heterocycles. The number of hydrogen-bond acceptors (Lipinski definition) is 3. The number of carbonyl (C=O) groups is 1. The van der Waals surface area contributed by atoms with Crippen LogP contribution in [0, 0.1) is 5.92 Å². The highest BCUT2D eigenvalue weighted by Crippen LogP contribution is 2.22. The van der Waals surface area contributed by atoms with Crippen LogP contribution in [-0.2, 0) is 6.61 Å². The van der Waals surface area contributed by atoms with E-state index in [1.54, 1.807) is 0 Å². The number of hydrogen-bond donors (Lipinski definition) is 1. The molecule has 4 heteroatoms. The molecule has 1 fully saturated rings. The molecule has 3 rings (SSSR count). The number of likely N-dealkylation sites (tertiary alicyclic amines) is 1. The minimum atomic E-state index is 0.0951. The Kier molecular flexibility index (Phi) is 5.71. The van der Waals surface area contributed by atoms with E-state index in [1.165, 1.54) is 0 Å². The van der Waals surface area contributed by atoms with E-state index < -0.39 is 0 Å². The van der Waals surface area contributed by atoms with E-state index in [0.29, 0.717) is 18.1 Å². The number of nitrogens with zero attached hydrogens (tertiary/aromatic N) is 1. The van der Waals surface area contributed by atoms with E-state index in [1.807, 2.05) is 59.5 Å². The van der Waals surface area contributed by atoms with Crippen LogP contribution in [0.4, 0.5) is 0 Å². The van der Waals surface area contributed by atoms with Crippen molar-refractivity contribution < 1.29 is 9.53 Å². The first-order chi connectivity index (χ1) is 12.1. The van der Waals surface area contributed by atoms with Gasteiger partial charge in [-0.25, -0.2) is 0 Å². The fourth-order valence-electron chi connectivity index (χ4n) is 3.25. The molecular weight excluding hydrogens is 312 g/mol. The quantitative estimate of drug-likeness (QED) is 0.908. The predicted molar refractivity (Wildman–Crippen MR) is 99.5 cm³/mol. The van der Waals surface area contributed by atoms with E-state index in [-0.39, 0.29) is 11.9 Å². The summed E-state index contributed by atoms with van der Waals surface area (Å²) in [6.07, 6.45) is 1.98. The van der Waals surface area contributed by atoms with Crippen molar-refractivity contribution in [3.05, 3.63) is 65.7 Å². The summed E-state index contributed by atoms with van der Waals surface area (Å²) in [5.74, 6) is 1.40. The standard InChI is InChI=1S/C21H26N2O2/c1-16(22)18-11-13-23(14-12-18)21(24)19-7-9-20(10-8-19)25-15-17-5-3-2-4-6-17/h2-10,16,18H,11-15,22H2,1H3. The zero-order valence-electron chi connectivity index (χ0n) is 14.7. The van der Waals surface area contributed by atoms with Crippen LogP contribution < -0.4 is 10.5 Å². The van der Waals surface area contributed by atoms with Gasteiger partial charge in [-0.2, -0.15) is 0 Å². The summed E-state index contributed by atoms with van der Waals surface area (Å²) in [6.45, 7) is 4.16. The molecule has 1 amide bonds. The number of amides is 1. The number of ether oxygens (including phenoxy) is 1. The minimum Gasteiger partial charge on any atom is -0.489 e. The third kappa shape index (κ3) is 4.60. The molecule has 4 nitrogen and oxygen atoms in total. The Hall–Kier alpha value is -2.33. The number of rotatable bonds is 5. The van der Waals surface area contributed by atoms with E-state index in [4.69, 9.17) is 10.5 Å². The third-order valence-electron chi connectivity index (χ3n) is 4.92. The summed E-state index contributed by atoms with van der Waals surface area (Å²) < 4.78 is 5.77. The van der Waals surface area contributed by atoms with E-state index in [0.717, 1.165) is 37.2 Å². The highest BCUT2D eigenvalue weighted by atomic mass is 16.5. The first kappa shape index (κ1) is 17.5. The third-order valence-corrected chi connectivity index (χ3v) is 4.92. The number of benzene rings is 2. The maximum Gasteiger partial charge on any atom is 0.253 e. The minimum absolute atomic E-state index is 0.0951. The molecule has 0 aromatic heterocycles. The highest BCUT2D eigenvalue weighted by Gasteiger charge is 2.25. The SMILES string of the molecule is CC(N)C1CCN(C(=O)c2ccc(OCc3ccccc3)cc2)CC1. The second kappa shape index (κ2) is 8.17. The van der Waals surface area contributed by atoms with Crippen LogP contribution in [0.25, 0.3) is 0 Å². The Labute approximate surface area is 149 Å². The lowest BCUT2D eigenvalue weighted by Gasteiger charge is -2.33. The Bertz CT molecular complexity index is 675. The van der Waals surface area contributed by atoms with Crippen LogP contribution >= 0.6 is 0 Å². The molecule has 1 aliphatic rings. The maximum atomic E-state index is 12.6. The lowest BCUT2D eigenvalue weighted by Crippen LogP contribution is -2.42. The molecule has 0 aliphatic carbocycles. The van der Waals surface area contributed by atoms with Crippen LogP contribution in [0.2, 0.25) is 0 Å². The first-order valence-corrected chi connectivity index (χ1v) is 8.95. The topological polar surface area (TPSA) is 55.6 Å². The van der Waals surface area contributed by atoms with Gasteiger partial charge in [-0.15, -0.1) is 0 Å². The fraction of sp³-hybridized carbons (Fsp3) is 0.381. The molecule has 0 radical (unpaired) electrons. The molecule has 0 saturated carbocycles. The van der Waals surface area contributed by atoms with Gasteiger partial charge < -0.3 is 15.4 Å². The highest BCUT2D eigenvalue weighted by molar-refractivity contribution is 5.94. The van der Waals surface area contributed by atoms with Crippen LogP contribution in [0.15, 0.2) is 54.6 Å². The van der Waals surface area contributed by atoms with Gasteiger partial charge in [0.15, 0.2) is 0 Å². The second-order valence-corrected chi connectivity index (χ2v) is 6.79. The molecule has 0 spiro atoms. The fourth-order valence-corrected chi connectivity index (χ4v) is 3.25. The molecule has 1 saturated heterocycles. The zero-order chi connectivity index (χ0) is 17.6. The molecular formula is C21H26N2O2. The van der Waals surface area contributed by atoms with Crippen LogP contribution in [-0.4, -0.2) is 29.9 Å². The normalized spacial score (nSPS) is 16.5. The molecule has 2 N–H and O–H groups in total. The summed E-state index contributed by atoms with van der Waals surface area (Å²) in [5.41, 5.74) is 7.81. The van der Waals surface area contributed by atoms with Gasteiger partial charge in [-0.1, -0.05) is 30.3 Å². The average Bonchev–Trinajstić information content (AvgIpc) is 2.67. The summed E-state index contributed by atoms with van der Waals surface area (Å²) in [4.78, 5) is 14.6. The zero-order valence-corrected chi connectivity index (χ0v) is 14.7. The Balaban J connectivity index is 1.54. The summed E-state index contributed by atoms with van der Waals surface area (Å²) in [6, 6.07) is 17.7. The first-order valence-electron chi connectivity index (χ1n) is 8.95. The van der Waals surface area contributed by atoms with Crippen LogP contribution in [0.1, 0.15) is 35.7 Å². The largest absolute Gasteiger partial charge is 0.489 e.